The molecule has 0 saturated heterocycles. The average molecular weight is 300 g/mol. The highest BCUT2D eigenvalue weighted by atomic mass is 16.2. The Balaban J connectivity index is 2.01. The summed E-state index contributed by atoms with van der Waals surface area (Å²) in [7, 11) is 0. The monoisotopic (exact) mass is 300 g/mol. The number of urea groups is 1. The van der Waals surface area contributed by atoms with Gasteiger partial charge >= 0.3 is 6.03 Å². The number of amides is 3. The molecule has 6 nitrogen and oxygen atoms in total. The molecule has 0 spiro atoms. The lowest BCUT2D eigenvalue weighted by atomic mass is 10.1. The Morgan fingerprint density at radius 2 is 1.82 bits per heavy atom. The van der Waals surface area contributed by atoms with Crippen molar-refractivity contribution in [3.8, 4) is 0 Å². The third-order valence-corrected chi connectivity index (χ3v) is 3.35. The van der Waals surface area contributed by atoms with Gasteiger partial charge in [0.15, 0.2) is 0 Å². The fourth-order valence-corrected chi connectivity index (χ4v) is 2.20. The number of hydrogen-bond acceptors (Lipinski definition) is 3. The zero-order valence-electron chi connectivity index (χ0n) is 12.2. The van der Waals surface area contributed by atoms with Gasteiger partial charge in [0.25, 0.3) is 0 Å². The van der Waals surface area contributed by atoms with E-state index in [0.29, 0.717) is 25.1 Å². The van der Waals surface area contributed by atoms with Crippen LogP contribution in [0.4, 0.5) is 10.5 Å². The lowest BCUT2D eigenvalue weighted by Crippen LogP contribution is -2.46. The van der Waals surface area contributed by atoms with E-state index in [0.717, 1.165) is 10.8 Å². The molecular formula is C16H20N4O2. The van der Waals surface area contributed by atoms with Crippen molar-refractivity contribution in [2.75, 3.05) is 11.9 Å². The van der Waals surface area contributed by atoms with E-state index in [2.05, 4.69) is 10.6 Å². The molecule has 6 N–H and O–H groups in total. The number of anilines is 1. The Morgan fingerprint density at radius 1 is 1.09 bits per heavy atom. The highest BCUT2D eigenvalue weighted by Crippen LogP contribution is 2.18. The number of carbonyl (C=O) groups is 2. The molecule has 0 aliphatic rings. The number of carbonyl (C=O) groups excluding carboxylic acids is 2. The van der Waals surface area contributed by atoms with Crippen LogP contribution in [0.5, 0.6) is 0 Å². The normalized spacial score (nSPS) is 11.9. The van der Waals surface area contributed by atoms with E-state index in [-0.39, 0.29) is 0 Å². The number of primary amides is 1. The molecule has 0 bridgehead atoms. The lowest BCUT2D eigenvalue weighted by Gasteiger charge is -2.15. The third-order valence-electron chi connectivity index (χ3n) is 3.35. The standard InChI is InChI=1S/C16H20N4O2/c17-9-3-6-14(15(18)21)20-16(22)19-13-8-7-11-4-1-2-5-12(11)10-13/h1-2,4-5,7-8,10,14H,3,6,9,17H2,(H2,18,21)(H2,19,20,22)/t14-/m0/s1. The minimum Gasteiger partial charge on any atom is -0.368 e. The van der Waals surface area contributed by atoms with Crippen LogP contribution in [0, 0.1) is 0 Å². The minimum absolute atomic E-state index is 0.428. The second kappa shape index (κ2) is 7.42. The van der Waals surface area contributed by atoms with Crippen LogP contribution in [-0.4, -0.2) is 24.5 Å². The lowest BCUT2D eigenvalue weighted by molar-refractivity contribution is -0.119. The first-order chi connectivity index (χ1) is 10.6. The fraction of sp³-hybridized carbons (Fsp3) is 0.250. The van der Waals surface area contributed by atoms with Crippen LogP contribution in [0.1, 0.15) is 12.8 Å². The van der Waals surface area contributed by atoms with Crippen LogP contribution in [0.2, 0.25) is 0 Å². The van der Waals surface area contributed by atoms with Gasteiger partial charge in [0.1, 0.15) is 6.04 Å². The van der Waals surface area contributed by atoms with Gasteiger partial charge in [-0.05, 0) is 42.3 Å². The Hall–Kier alpha value is -2.60. The number of fused-ring (bicyclic) bond motifs is 1. The summed E-state index contributed by atoms with van der Waals surface area (Å²) >= 11 is 0. The van der Waals surface area contributed by atoms with Crippen molar-refractivity contribution in [2.45, 2.75) is 18.9 Å². The number of hydrogen-bond donors (Lipinski definition) is 4. The maximum Gasteiger partial charge on any atom is 0.319 e. The highest BCUT2D eigenvalue weighted by molar-refractivity contribution is 5.95. The zero-order valence-corrected chi connectivity index (χ0v) is 12.2. The molecular weight excluding hydrogens is 280 g/mol. The fourth-order valence-electron chi connectivity index (χ4n) is 2.20. The predicted molar refractivity (Wildman–Crippen MR) is 87.4 cm³/mol. The number of rotatable bonds is 6. The molecule has 2 rings (SSSR count). The van der Waals surface area contributed by atoms with Gasteiger partial charge in [-0.3, -0.25) is 4.79 Å². The van der Waals surface area contributed by atoms with Crippen molar-refractivity contribution < 1.29 is 9.59 Å². The second-order valence-corrected chi connectivity index (χ2v) is 5.05. The van der Waals surface area contributed by atoms with Crippen LogP contribution < -0.4 is 22.1 Å². The van der Waals surface area contributed by atoms with E-state index in [4.69, 9.17) is 11.5 Å². The Kier molecular flexibility index (Phi) is 5.32. The molecule has 0 unspecified atom stereocenters. The summed E-state index contributed by atoms with van der Waals surface area (Å²) in [6, 6.07) is 12.3. The maximum absolute atomic E-state index is 12.0. The summed E-state index contributed by atoms with van der Waals surface area (Å²) in [5, 5.41) is 7.39. The first-order valence-corrected chi connectivity index (χ1v) is 7.16. The van der Waals surface area contributed by atoms with Crippen molar-refractivity contribution in [2.24, 2.45) is 11.5 Å². The average Bonchev–Trinajstić information content (AvgIpc) is 2.51. The molecule has 116 valence electrons. The van der Waals surface area contributed by atoms with Crippen LogP contribution in [0.25, 0.3) is 10.8 Å². The molecule has 0 saturated carbocycles. The highest BCUT2D eigenvalue weighted by Gasteiger charge is 2.17. The van der Waals surface area contributed by atoms with Crippen LogP contribution >= 0.6 is 0 Å². The number of benzene rings is 2. The predicted octanol–water partition coefficient (Wildman–Crippen LogP) is 1.55. The summed E-state index contributed by atoms with van der Waals surface area (Å²) in [5.74, 6) is -0.567. The third kappa shape index (κ3) is 4.20. The Morgan fingerprint density at radius 3 is 2.50 bits per heavy atom. The smallest absolute Gasteiger partial charge is 0.319 e. The molecule has 0 aliphatic carbocycles. The van der Waals surface area contributed by atoms with E-state index < -0.39 is 18.0 Å². The SMILES string of the molecule is NCCC[C@H](NC(=O)Nc1ccc2ccccc2c1)C(N)=O. The van der Waals surface area contributed by atoms with Crippen molar-refractivity contribution in [1.29, 1.82) is 0 Å². The largest absolute Gasteiger partial charge is 0.368 e. The summed E-state index contributed by atoms with van der Waals surface area (Å²) in [6.07, 6.45) is 1.04. The quantitative estimate of drug-likeness (QED) is 0.649. The number of nitrogens with two attached hydrogens (primary N) is 2. The van der Waals surface area contributed by atoms with Gasteiger partial charge in [-0.15, -0.1) is 0 Å². The van der Waals surface area contributed by atoms with Gasteiger partial charge in [0.2, 0.25) is 5.91 Å². The molecule has 22 heavy (non-hydrogen) atoms. The Bertz CT molecular complexity index is 672. The number of nitrogens with one attached hydrogen (secondary N) is 2. The zero-order chi connectivity index (χ0) is 15.9. The van der Waals surface area contributed by atoms with E-state index in [9.17, 15) is 9.59 Å². The van der Waals surface area contributed by atoms with E-state index in [1.54, 1.807) is 6.07 Å². The van der Waals surface area contributed by atoms with Crippen molar-refractivity contribution in [3.05, 3.63) is 42.5 Å². The summed E-state index contributed by atoms with van der Waals surface area (Å²) < 4.78 is 0. The van der Waals surface area contributed by atoms with Gasteiger partial charge in [-0.2, -0.15) is 0 Å². The molecule has 2 aromatic rings. The van der Waals surface area contributed by atoms with Gasteiger partial charge in [-0.1, -0.05) is 30.3 Å². The van der Waals surface area contributed by atoms with Crippen LogP contribution in [-0.2, 0) is 4.79 Å². The van der Waals surface area contributed by atoms with Crippen LogP contribution in [0.15, 0.2) is 42.5 Å². The molecule has 2 aromatic carbocycles. The Labute approximate surface area is 128 Å². The topological polar surface area (TPSA) is 110 Å². The second-order valence-electron chi connectivity index (χ2n) is 5.05. The van der Waals surface area contributed by atoms with Gasteiger partial charge in [0, 0.05) is 5.69 Å². The minimum atomic E-state index is -0.719. The molecule has 3 amide bonds. The maximum atomic E-state index is 12.0. The molecule has 0 aliphatic heterocycles. The first kappa shape index (κ1) is 15.8. The van der Waals surface area contributed by atoms with Crippen molar-refractivity contribution >= 4 is 28.4 Å². The molecule has 0 radical (unpaired) electrons. The summed E-state index contributed by atoms with van der Waals surface area (Å²) in [4.78, 5) is 23.3. The summed E-state index contributed by atoms with van der Waals surface area (Å²) in [5.41, 5.74) is 11.3. The van der Waals surface area contributed by atoms with Crippen molar-refractivity contribution in [1.82, 2.24) is 5.32 Å². The molecule has 0 heterocycles. The molecule has 0 fully saturated rings. The van der Waals surface area contributed by atoms with E-state index >= 15 is 0 Å². The van der Waals surface area contributed by atoms with Crippen molar-refractivity contribution in [3.63, 3.8) is 0 Å². The van der Waals surface area contributed by atoms with E-state index in [1.165, 1.54) is 0 Å². The van der Waals surface area contributed by atoms with Gasteiger partial charge in [-0.25, -0.2) is 4.79 Å². The molecule has 0 aromatic heterocycles. The van der Waals surface area contributed by atoms with Crippen LogP contribution in [0.3, 0.4) is 0 Å². The molecule has 1 atom stereocenters. The van der Waals surface area contributed by atoms with E-state index in [1.807, 2.05) is 36.4 Å². The molecule has 6 heteroatoms. The summed E-state index contributed by atoms with van der Waals surface area (Å²) in [6.45, 7) is 0.442. The van der Waals surface area contributed by atoms with Gasteiger partial charge in [0.05, 0.1) is 0 Å². The van der Waals surface area contributed by atoms with Gasteiger partial charge < -0.3 is 22.1 Å². The first-order valence-electron chi connectivity index (χ1n) is 7.16.